The molecule has 0 amide bonds. The number of H-pyrrole nitrogens is 1. The third-order valence-electron chi connectivity index (χ3n) is 6.22. The highest BCUT2D eigenvalue weighted by Crippen LogP contribution is 2.25. The van der Waals surface area contributed by atoms with Crippen molar-refractivity contribution >= 4 is 40.3 Å². The fourth-order valence-electron chi connectivity index (χ4n) is 4.41. The molecular formula is C24H24Cl2N6O2. The molecule has 34 heavy (non-hydrogen) atoms. The average molecular weight is 499 g/mol. The SMILES string of the molecule is Cn1c(=O)[nH]c(=O)c2c1nc(N1CCN(Cc3cccc(Cl)c3)CC1)n2Cc1ccccc1Cl. The molecule has 1 N–H and O–H groups in total. The highest BCUT2D eigenvalue weighted by Gasteiger charge is 2.25. The fourth-order valence-corrected chi connectivity index (χ4v) is 4.82. The van der Waals surface area contributed by atoms with Gasteiger partial charge < -0.3 is 4.90 Å². The minimum atomic E-state index is -0.488. The summed E-state index contributed by atoms with van der Waals surface area (Å²) in [5.74, 6) is 0.657. The second kappa shape index (κ2) is 9.29. The van der Waals surface area contributed by atoms with Crippen molar-refractivity contribution in [3.8, 4) is 0 Å². The molecule has 176 valence electrons. The highest BCUT2D eigenvalue weighted by atomic mass is 35.5. The van der Waals surface area contributed by atoms with Crippen LogP contribution in [0.15, 0.2) is 58.1 Å². The van der Waals surface area contributed by atoms with Gasteiger partial charge in [-0.3, -0.25) is 23.8 Å². The lowest BCUT2D eigenvalue weighted by Gasteiger charge is -2.35. The molecule has 10 heteroatoms. The number of nitrogens with one attached hydrogen (secondary N) is 1. The van der Waals surface area contributed by atoms with E-state index in [0.29, 0.717) is 28.7 Å². The number of piperazine rings is 1. The molecule has 0 bridgehead atoms. The van der Waals surface area contributed by atoms with Gasteiger partial charge in [0.1, 0.15) is 0 Å². The number of anilines is 1. The first-order valence-electron chi connectivity index (χ1n) is 11.1. The second-order valence-corrected chi connectivity index (χ2v) is 9.32. The zero-order valence-electron chi connectivity index (χ0n) is 18.7. The van der Waals surface area contributed by atoms with E-state index in [1.165, 1.54) is 10.1 Å². The van der Waals surface area contributed by atoms with Gasteiger partial charge in [0, 0.05) is 49.8 Å². The fraction of sp³-hybridized carbons (Fsp3) is 0.292. The minimum Gasteiger partial charge on any atom is -0.340 e. The number of benzene rings is 2. The maximum absolute atomic E-state index is 12.8. The molecule has 0 spiro atoms. The predicted molar refractivity (Wildman–Crippen MR) is 135 cm³/mol. The topological polar surface area (TPSA) is 79.2 Å². The van der Waals surface area contributed by atoms with E-state index in [4.69, 9.17) is 28.2 Å². The van der Waals surface area contributed by atoms with Crippen LogP contribution < -0.4 is 16.1 Å². The summed E-state index contributed by atoms with van der Waals surface area (Å²) in [5.41, 5.74) is 1.82. The van der Waals surface area contributed by atoms with Crippen molar-refractivity contribution in [2.45, 2.75) is 13.1 Å². The molecule has 0 aliphatic carbocycles. The van der Waals surface area contributed by atoms with Crippen molar-refractivity contribution in [3.63, 3.8) is 0 Å². The molecule has 5 rings (SSSR count). The molecule has 0 saturated carbocycles. The minimum absolute atomic E-state index is 0.358. The van der Waals surface area contributed by atoms with Crippen molar-refractivity contribution < 1.29 is 0 Å². The van der Waals surface area contributed by atoms with Crippen molar-refractivity contribution in [1.29, 1.82) is 0 Å². The summed E-state index contributed by atoms with van der Waals surface area (Å²) < 4.78 is 3.24. The van der Waals surface area contributed by atoms with Gasteiger partial charge in [-0.2, -0.15) is 4.98 Å². The number of aryl methyl sites for hydroxylation is 1. The Kier molecular flexibility index (Phi) is 6.20. The molecule has 8 nitrogen and oxygen atoms in total. The first-order valence-corrected chi connectivity index (χ1v) is 11.8. The van der Waals surface area contributed by atoms with Crippen molar-refractivity contribution in [2.75, 3.05) is 31.1 Å². The summed E-state index contributed by atoms with van der Waals surface area (Å²) in [7, 11) is 1.61. The zero-order valence-corrected chi connectivity index (χ0v) is 20.2. The number of aromatic nitrogens is 4. The lowest BCUT2D eigenvalue weighted by atomic mass is 10.2. The van der Waals surface area contributed by atoms with E-state index >= 15 is 0 Å². The largest absolute Gasteiger partial charge is 0.340 e. The van der Waals surface area contributed by atoms with Crippen LogP contribution >= 0.6 is 23.2 Å². The first kappa shape index (κ1) is 22.7. The summed E-state index contributed by atoms with van der Waals surface area (Å²) in [6.07, 6.45) is 0. The van der Waals surface area contributed by atoms with Gasteiger partial charge in [0.05, 0.1) is 6.54 Å². The van der Waals surface area contributed by atoms with Crippen LogP contribution in [-0.2, 0) is 20.1 Å². The Morgan fingerprint density at radius 1 is 0.971 bits per heavy atom. The maximum atomic E-state index is 12.8. The number of aromatic amines is 1. The van der Waals surface area contributed by atoms with E-state index in [2.05, 4.69) is 20.9 Å². The smallest absolute Gasteiger partial charge is 0.329 e. The Morgan fingerprint density at radius 2 is 1.74 bits per heavy atom. The normalized spacial score (nSPS) is 14.7. The Hall–Kier alpha value is -3.07. The number of imidazole rings is 1. The van der Waals surface area contributed by atoms with Crippen molar-refractivity contribution in [1.82, 2.24) is 24.0 Å². The molecule has 2 aromatic carbocycles. The van der Waals surface area contributed by atoms with Gasteiger partial charge in [-0.1, -0.05) is 53.5 Å². The van der Waals surface area contributed by atoms with E-state index in [1.807, 2.05) is 47.0 Å². The number of hydrogen-bond donors (Lipinski definition) is 1. The molecule has 1 saturated heterocycles. The molecule has 0 atom stereocenters. The second-order valence-electron chi connectivity index (χ2n) is 8.47. The van der Waals surface area contributed by atoms with Crippen LogP contribution in [0.5, 0.6) is 0 Å². The lowest BCUT2D eigenvalue weighted by molar-refractivity contribution is 0.248. The van der Waals surface area contributed by atoms with Crippen LogP contribution in [0.4, 0.5) is 5.95 Å². The molecule has 4 aromatic rings. The Morgan fingerprint density at radius 3 is 2.47 bits per heavy atom. The average Bonchev–Trinajstić information content (AvgIpc) is 3.19. The van der Waals surface area contributed by atoms with Gasteiger partial charge in [0.15, 0.2) is 11.2 Å². The quantitative estimate of drug-likeness (QED) is 0.457. The molecule has 1 fully saturated rings. The summed E-state index contributed by atoms with van der Waals surface area (Å²) >= 11 is 12.6. The van der Waals surface area contributed by atoms with E-state index in [-0.39, 0.29) is 0 Å². The van der Waals surface area contributed by atoms with Crippen LogP contribution in [-0.4, -0.2) is 50.2 Å². The summed E-state index contributed by atoms with van der Waals surface area (Å²) in [5, 5.41) is 1.35. The molecule has 2 aromatic heterocycles. The van der Waals surface area contributed by atoms with Crippen LogP contribution in [0, 0.1) is 0 Å². The number of halogens is 2. The first-order chi connectivity index (χ1) is 16.4. The molecule has 0 unspecified atom stereocenters. The van der Waals surface area contributed by atoms with Gasteiger partial charge in [-0.25, -0.2) is 4.79 Å². The monoisotopic (exact) mass is 498 g/mol. The number of hydrogen-bond acceptors (Lipinski definition) is 5. The van der Waals surface area contributed by atoms with Crippen molar-refractivity contribution in [2.24, 2.45) is 7.05 Å². The van der Waals surface area contributed by atoms with Crippen LogP contribution in [0.1, 0.15) is 11.1 Å². The molecular weight excluding hydrogens is 475 g/mol. The number of nitrogens with zero attached hydrogens (tertiary/aromatic N) is 5. The summed E-state index contributed by atoms with van der Waals surface area (Å²) in [6.45, 7) is 4.32. The van der Waals surface area contributed by atoms with E-state index in [1.54, 1.807) is 7.05 Å². The summed E-state index contributed by atoms with van der Waals surface area (Å²) in [4.78, 5) is 36.7. The van der Waals surface area contributed by atoms with E-state index < -0.39 is 11.2 Å². The van der Waals surface area contributed by atoms with Gasteiger partial charge in [0.25, 0.3) is 5.56 Å². The molecule has 1 aliphatic rings. The molecule has 3 heterocycles. The third-order valence-corrected chi connectivity index (χ3v) is 6.83. The molecule has 1 aliphatic heterocycles. The molecule has 0 radical (unpaired) electrons. The van der Waals surface area contributed by atoms with E-state index in [9.17, 15) is 9.59 Å². The number of rotatable bonds is 5. The maximum Gasteiger partial charge on any atom is 0.329 e. The Bertz CT molecular complexity index is 1470. The van der Waals surface area contributed by atoms with Crippen LogP contribution in [0.3, 0.4) is 0 Å². The zero-order chi connectivity index (χ0) is 23.8. The van der Waals surface area contributed by atoms with Crippen molar-refractivity contribution in [3.05, 3.63) is 90.5 Å². The lowest BCUT2D eigenvalue weighted by Crippen LogP contribution is -2.47. The van der Waals surface area contributed by atoms with Gasteiger partial charge >= 0.3 is 5.69 Å². The van der Waals surface area contributed by atoms with E-state index in [0.717, 1.165) is 43.3 Å². The predicted octanol–water partition coefficient (Wildman–Crippen LogP) is 3.10. The third kappa shape index (κ3) is 4.36. The Labute approximate surface area is 206 Å². The highest BCUT2D eigenvalue weighted by molar-refractivity contribution is 6.31. The van der Waals surface area contributed by atoms with Crippen LogP contribution in [0.2, 0.25) is 10.0 Å². The standard InChI is InChI=1S/C24H24Cl2N6O2/c1-29-21-20(22(33)28-24(29)34)32(15-17-6-2-3-8-19(17)26)23(27-21)31-11-9-30(10-12-31)14-16-5-4-7-18(25)13-16/h2-8,13H,9-12,14-15H2,1H3,(H,28,33,34). The van der Waals surface area contributed by atoms with Gasteiger partial charge in [-0.05, 0) is 29.3 Å². The summed E-state index contributed by atoms with van der Waals surface area (Å²) in [6, 6.07) is 15.4. The van der Waals surface area contributed by atoms with Gasteiger partial charge in [0.2, 0.25) is 5.95 Å². The van der Waals surface area contributed by atoms with Crippen LogP contribution in [0.25, 0.3) is 11.2 Å². The van der Waals surface area contributed by atoms with Gasteiger partial charge in [-0.15, -0.1) is 0 Å². The number of fused-ring (bicyclic) bond motifs is 1. The Balaban J connectivity index is 1.47.